The third-order valence-corrected chi connectivity index (χ3v) is 7.51. The highest BCUT2D eigenvalue weighted by atomic mass is 16.3. The van der Waals surface area contributed by atoms with E-state index in [4.69, 9.17) is 4.42 Å². The molecule has 5 rings (SSSR count). The lowest BCUT2D eigenvalue weighted by atomic mass is 9.80. The summed E-state index contributed by atoms with van der Waals surface area (Å²) in [4.78, 5) is 0. The van der Waals surface area contributed by atoms with E-state index in [-0.39, 0.29) is 10.8 Å². The van der Waals surface area contributed by atoms with Gasteiger partial charge < -0.3 is 4.42 Å². The highest BCUT2D eigenvalue weighted by Gasteiger charge is 2.29. The first-order valence-electron chi connectivity index (χ1n) is 13.4. The smallest absolute Gasteiger partial charge is 0.335 e. The van der Waals surface area contributed by atoms with E-state index in [1.165, 1.54) is 50.1 Å². The van der Waals surface area contributed by atoms with Gasteiger partial charge in [0.05, 0.1) is 0 Å². The van der Waals surface area contributed by atoms with E-state index in [2.05, 4.69) is 131 Å². The second kappa shape index (κ2) is 8.86. The number of aromatic nitrogens is 3. The Morgan fingerprint density at radius 3 is 2.05 bits per heavy atom. The van der Waals surface area contributed by atoms with Crippen molar-refractivity contribution in [1.82, 2.24) is 4.57 Å². The molecule has 0 spiro atoms. The molecule has 3 aromatic carbocycles. The summed E-state index contributed by atoms with van der Waals surface area (Å²) in [5.74, 6) is 0. The number of hydrogen-bond acceptors (Lipinski definition) is 1. The van der Waals surface area contributed by atoms with Crippen molar-refractivity contribution in [2.75, 3.05) is 0 Å². The van der Waals surface area contributed by atoms with Crippen LogP contribution in [0, 0.1) is 20.8 Å². The highest BCUT2D eigenvalue weighted by Crippen LogP contribution is 2.34. The van der Waals surface area contributed by atoms with Crippen LogP contribution in [0.3, 0.4) is 0 Å². The lowest BCUT2D eigenvalue weighted by molar-refractivity contribution is -0.757. The van der Waals surface area contributed by atoms with Crippen LogP contribution in [-0.4, -0.2) is 4.57 Å². The molecule has 0 N–H and O–H groups in total. The molecule has 37 heavy (non-hydrogen) atoms. The van der Waals surface area contributed by atoms with Gasteiger partial charge in [0.1, 0.15) is 12.2 Å². The summed E-state index contributed by atoms with van der Waals surface area (Å²) in [5, 5.41) is 0. The summed E-state index contributed by atoms with van der Waals surface area (Å²) >= 11 is 0. The minimum atomic E-state index is 0.00111. The number of nitrogens with zero attached hydrogens (tertiary/aromatic N) is 3. The zero-order valence-electron chi connectivity index (χ0n) is 23.9. The number of aryl methyl sites for hydroxylation is 5. The molecule has 4 nitrogen and oxygen atoms in total. The van der Waals surface area contributed by atoms with Gasteiger partial charge in [0.25, 0.3) is 5.52 Å². The Hall–Kier alpha value is -3.40. The summed E-state index contributed by atoms with van der Waals surface area (Å²) in [7, 11) is 0. The van der Waals surface area contributed by atoms with Crippen molar-refractivity contribution in [2.45, 2.75) is 86.2 Å². The van der Waals surface area contributed by atoms with Gasteiger partial charge >= 0.3 is 6.39 Å². The van der Waals surface area contributed by atoms with Crippen LogP contribution >= 0.6 is 0 Å². The van der Waals surface area contributed by atoms with Crippen LogP contribution in [0.15, 0.2) is 65.7 Å². The molecule has 0 radical (unpaired) electrons. The van der Waals surface area contributed by atoms with E-state index in [9.17, 15) is 0 Å². The Bertz CT molecular complexity index is 1600. The molecular formula is C33H41N3O+2. The SMILES string of the molecule is Cc1cc(C)c(-n2c[n+](CC[n+]3coc4c(C(C)(C)C)cc(C(C)(C)C)cc43)c3ccccc32)c(C)c1. The minimum absolute atomic E-state index is 0.00111. The molecule has 0 aliphatic rings. The van der Waals surface area contributed by atoms with Crippen LogP contribution in [0.2, 0.25) is 0 Å². The van der Waals surface area contributed by atoms with E-state index in [0.29, 0.717) is 0 Å². The first-order chi connectivity index (χ1) is 17.3. The van der Waals surface area contributed by atoms with Gasteiger partial charge in [0.15, 0.2) is 17.6 Å². The average molecular weight is 496 g/mol. The molecule has 0 bridgehead atoms. The van der Waals surface area contributed by atoms with Crippen molar-refractivity contribution in [3.63, 3.8) is 0 Å². The Labute approximate surface area is 221 Å². The number of para-hydroxylation sites is 2. The van der Waals surface area contributed by atoms with E-state index in [1.807, 2.05) is 6.39 Å². The Kier molecular flexibility index (Phi) is 6.05. The summed E-state index contributed by atoms with van der Waals surface area (Å²) in [6.07, 6.45) is 4.17. The van der Waals surface area contributed by atoms with Crippen LogP contribution in [0.1, 0.15) is 69.4 Å². The van der Waals surface area contributed by atoms with Gasteiger partial charge in [-0.05, 0) is 60.4 Å². The topological polar surface area (TPSA) is 25.8 Å². The highest BCUT2D eigenvalue weighted by molar-refractivity contribution is 5.76. The third kappa shape index (κ3) is 4.58. The Balaban J connectivity index is 1.58. The van der Waals surface area contributed by atoms with Crippen LogP contribution in [-0.2, 0) is 23.9 Å². The maximum absolute atomic E-state index is 6.22. The van der Waals surface area contributed by atoms with E-state index in [1.54, 1.807) is 0 Å². The molecule has 2 heterocycles. The monoisotopic (exact) mass is 495 g/mol. The molecule has 0 saturated heterocycles. The fourth-order valence-corrected chi connectivity index (χ4v) is 5.59. The summed E-state index contributed by atoms with van der Waals surface area (Å²) in [5.41, 5.74) is 12.5. The Morgan fingerprint density at radius 1 is 0.757 bits per heavy atom. The van der Waals surface area contributed by atoms with Crippen molar-refractivity contribution in [3.8, 4) is 5.69 Å². The van der Waals surface area contributed by atoms with E-state index < -0.39 is 0 Å². The van der Waals surface area contributed by atoms with Gasteiger partial charge in [0, 0.05) is 11.6 Å². The number of imidazole rings is 1. The second-order valence-electron chi connectivity index (χ2n) is 12.7. The number of rotatable bonds is 4. The van der Waals surface area contributed by atoms with Crippen molar-refractivity contribution in [1.29, 1.82) is 0 Å². The third-order valence-electron chi connectivity index (χ3n) is 7.51. The molecule has 0 aliphatic carbocycles. The average Bonchev–Trinajstić information content (AvgIpc) is 3.37. The standard InChI is InChI=1S/C33H41N3O/c1-22-16-23(2)30(24(3)17-22)36-20-34(27-12-10-11-13-28(27)36)14-15-35-21-37-31-26(33(7,8)9)18-25(19-29(31)35)32(4,5)6/h10-13,16-21H,14-15H2,1-9H3/q+2. The van der Waals surface area contributed by atoms with Crippen molar-refractivity contribution in [3.05, 3.63) is 89.1 Å². The van der Waals surface area contributed by atoms with E-state index >= 15 is 0 Å². The molecule has 0 saturated carbocycles. The van der Waals surface area contributed by atoms with Crippen LogP contribution < -0.4 is 9.13 Å². The van der Waals surface area contributed by atoms with Gasteiger partial charge in [-0.25, -0.2) is 4.57 Å². The van der Waals surface area contributed by atoms with Crippen molar-refractivity contribution in [2.24, 2.45) is 0 Å². The maximum Gasteiger partial charge on any atom is 0.335 e. The molecule has 2 aromatic heterocycles. The van der Waals surface area contributed by atoms with Gasteiger partial charge in [0.2, 0.25) is 11.9 Å². The fraction of sp³-hybridized carbons (Fsp3) is 0.394. The van der Waals surface area contributed by atoms with Crippen LogP contribution in [0.5, 0.6) is 0 Å². The van der Waals surface area contributed by atoms with Gasteiger partial charge in [-0.2, -0.15) is 9.13 Å². The summed E-state index contributed by atoms with van der Waals surface area (Å²) in [6, 6.07) is 17.9. The quantitative estimate of drug-likeness (QED) is 0.243. The zero-order valence-corrected chi connectivity index (χ0v) is 23.9. The second-order valence-corrected chi connectivity index (χ2v) is 12.7. The molecule has 192 valence electrons. The lowest BCUT2D eigenvalue weighted by Crippen LogP contribution is -2.43. The predicted octanol–water partition coefficient (Wildman–Crippen LogP) is 7.17. The number of oxazole rings is 1. The number of benzene rings is 3. The molecule has 4 heteroatoms. The largest absolute Gasteiger partial charge is 0.403 e. The van der Waals surface area contributed by atoms with Crippen LogP contribution in [0.25, 0.3) is 27.8 Å². The predicted molar refractivity (Wildman–Crippen MR) is 151 cm³/mol. The molecule has 0 amide bonds. The minimum Gasteiger partial charge on any atom is -0.403 e. The molecule has 5 aromatic rings. The fourth-order valence-electron chi connectivity index (χ4n) is 5.59. The van der Waals surface area contributed by atoms with Crippen molar-refractivity contribution < 1.29 is 13.6 Å². The number of fused-ring (bicyclic) bond motifs is 2. The van der Waals surface area contributed by atoms with E-state index in [0.717, 1.165) is 18.7 Å². The van der Waals surface area contributed by atoms with Crippen molar-refractivity contribution >= 4 is 22.1 Å². The van der Waals surface area contributed by atoms with Gasteiger partial charge in [-0.1, -0.05) is 77.4 Å². The molecule has 0 atom stereocenters. The first-order valence-corrected chi connectivity index (χ1v) is 13.4. The van der Waals surface area contributed by atoms with Gasteiger partial charge in [-0.15, -0.1) is 0 Å². The van der Waals surface area contributed by atoms with Crippen LogP contribution in [0.4, 0.5) is 0 Å². The summed E-state index contributed by atoms with van der Waals surface area (Å²) < 4.78 is 13.2. The summed E-state index contributed by atoms with van der Waals surface area (Å²) in [6.45, 7) is 21.9. The zero-order chi connectivity index (χ0) is 26.7. The number of hydrogen-bond donors (Lipinski definition) is 0. The maximum atomic E-state index is 6.22. The van der Waals surface area contributed by atoms with Gasteiger partial charge in [-0.3, -0.25) is 0 Å². The Morgan fingerprint density at radius 2 is 1.41 bits per heavy atom. The first kappa shape index (κ1) is 25.3. The molecular weight excluding hydrogens is 454 g/mol. The molecule has 0 fully saturated rings. The molecule has 0 aliphatic heterocycles. The molecule has 0 unspecified atom stereocenters. The lowest BCUT2D eigenvalue weighted by Gasteiger charge is -2.24. The normalized spacial score (nSPS) is 12.7.